The van der Waals surface area contributed by atoms with E-state index in [9.17, 15) is 4.79 Å². The molecule has 0 atom stereocenters. The first-order valence-corrected chi connectivity index (χ1v) is 8.21. The number of hydrogen-bond acceptors (Lipinski definition) is 3. The van der Waals surface area contributed by atoms with Gasteiger partial charge in [0.25, 0.3) is 0 Å². The maximum atomic E-state index is 10.8. The van der Waals surface area contributed by atoms with Gasteiger partial charge in [-0.05, 0) is 50.7 Å². The van der Waals surface area contributed by atoms with E-state index in [1.165, 1.54) is 5.56 Å². The molecule has 1 aromatic carbocycles. The van der Waals surface area contributed by atoms with E-state index in [-0.39, 0.29) is 6.54 Å². The molecule has 1 N–H and O–H groups in total. The number of likely N-dealkylation sites (N-methyl/N-ethyl adjacent to an activating group) is 1. The maximum absolute atomic E-state index is 10.8. The molecule has 1 saturated heterocycles. The molecular weight excluding hydrogens is 356 g/mol. The Kier molecular flexibility index (Phi) is 6.05. The van der Waals surface area contributed by atoms with Gasteiger partial charge in [-0.25, -0.2) is 0 Å². The van der Waals surface area contributed by atoms with Gasteiger partial charge in [0.1, 0.15) is 0 Å². The van der Waals surface area contributed by atoms with Crippen molar-refractivity contribution in [2.75, 3.05) is 26.7 Å². The summed E-state index contributed by atoms with van der Waals surface area (Å²) in [5.74, 6) is -0.759. The highest BCUT2D eigenvalue weighted by Gasteiger charge is 2.23. The third-order valence-electron chi connectivity index (χ3n) is 3.97. The normalized spacial score (nSPS) is 17.3. The minimum atomic E-state index is -0.759. The Morgan fingerprint density at radius 1 is 1.48 bits per heavy atom. The van der Waals surface area contributed by atoms with Crippen LogP contribution in [0.5, 0.6) is 0 Å². The van der Waals surface area contributed by atoms with Crippen molar-refractivity contribution in [1.29, 1.82) is 0 Å². The van der Waals surface area contributed by atoms with E-state index >= 15 is 0 Å². The second kappa shape index (κ2) is 7.58. The summed E-state index contributed by atoms with van der Waals surface area (Å²) < 4.78 is 1.04. The number of benzene rings is 1. The molecule has 0 spiro atoms. The van der Waals surface area contributed by atoms with Crippen LogP contribution >= 0.6 is 27.5 Å². The van der Waals surface area contributed by atoms with Gasteiger partial charge < -0.3 is 5.11 Å². The van der Waals surface area contributed by atoms with E-state index in [0.717, 1.165) is 42.0 Å². The summed E-state index contributed by atoms with van der Waals surface area (Å²) in [7, 11) is 1.89. The van der Waals surface area contributed by atoms with Crippen molar-refractivity contribution in [3.63, 3.8) is 0 Å². The van der Waals surface area contributed by atoms with Crippen LogP contribution in [0, 0.1) is 0 Å². The monoisotopic (exact) mass is 374 g/mol. The molecule has 1 aliphatic heterocycles. The summed E-state index contributed by atoms with van der Waals surface area (Å²) in [6.07, 6.45) is 2.02. The van der Waals surface area contributed by atoms with Gasteiger partial charge in [-0.15, -0.1) is 0 Å². The first-order chi connectivity index (χ1) is 9.95. The van der Waals surface area contributed by atoms with Crippen LogP contribution in [0.3, 0.4) is 0 Å². The molecule has 0 aromatic heterocycles. The third kappa shape index (κ3) is 4.95. The van der Waals surface area contributed by atoms with Crippen molar-refractivity contribution < 1.29 is 9.90 Å². The highest BCUT2D eigenvalue weighted by Crippen LogP contribution is 2.24. The quantitative estimate of drug-likeness (QED) is 0.859. The predicted octanol–water partition coefficient (Wildman–Crippen LogP) is 3.08. The number of likely N-dealkylation sites (tertiary alicyclic amines) is 1. The largest absolute Gasteiger partial charge is 0.480 e. The van der Waals surface area contributed by atoms with Gasteiger partial charge in [0.05, 0.1) is 6.54 Å². The highest BCUT2D eigenvalue weighted by molar-refractivity contribution is 9.10. The molecule has 4 nitrogen and oxygen atoms in total. The zero-order valence-corrected chi connectivity index (χ0v) is 14.4. The smallest absolute Gasteiger partial charge is 0.317 e. The molecule has 0 aliphatic carbocycles. The summed E-state index contributed by atoms with van der Waals surface area (Å²) >= 11 is 9.51. The van der Waals surface area contributed by atoms with Gasteiger partial charge >= 0.3 is 5.97 Å². The molecule has 6 heteroatoms. The summed E-state index contributed by atoms with van der Waals surface area (Å²) in [5.41, 5.74) is 1.23. The van der Waals surface area contributed by atoms with Crippen molar-refractivity contribution in [1.82, 2.24) is 9.80 Å². The average molecular weight is 376 g/mol. The lowest BCUT2D eigenvalue weighted by atomic mass is 10.0. The number of carboxylic acid groups (broad SMARTS) is 1. The van der Waals surface area contributed by atoms with Crippen LogP contribution in [0.1, 0.15) is 18.4 Å². The zero-order chi connectivity index (χ0) is 15.4. The number of rotatable bonds is 5. The number of halogens is 2. The Morgan fingerprint density at radius 3 is 2.71 bits per heavy atom. The van der Waals surface area contributed by atoms with Crippen LogP contribution in [-0.2, 0) is 11.3 Å². The zero-order valence-electron chi connectivity index (χ0n) is 12.1. The Bertz CT molecular complexity index is 504. The highest BCUT2D eigenvalue weighted by atomic mass is 79.9. The van der Waals surface area contributed by atoms with E-state index in [4.69, 9.17) is 16.7 Å². The van der Waals surface area contributed by atoms with Crippen LogP contribution in [0.15, 0.2) is 22.7 Å². The Hall–Kier alpha value is -0.620. The lowest BCUT2D eigenvalue weighted by Crippen LogP contribution is -2.44. The molecule has 0 saturated carbocycles. The molecular formula is C15H20BrClN2O2. The van der Waals surface area contributed by atoms with Crippen molar-refractivity contribution in [2.45, 2.75) is 25.4 Å². The van der Waals surface area contributed by atoms with Gasteiger partial charge in [0.2, 0.25) is 0 Å². The van der Waals surface area contributed by atoms with Crippen molar-refractivity contribution in [3.8, 4) is 0 Å². The third-order valence-corrected chi connectivity index (χ3v) is 4.95. The SMILES string of the molecule is CN(CC(=O)O)C1CCN(Cc2ccc(Cl)cc2Br)CC1. The Morgan fingerprint density at radius 2 is 2.14 bits per heavy atom. The molecule has 21 heavy (non-hydrogen) atoms. The Labute approximate surface area is 138 Å². The molecule has 1 aromatic rings. The first-order valence-electron chi connectivity index (χ1n) is 7.04. The second-order valence-electron chi connectivity index (χ2n) is 5.55. The number of nitrogens with zero attached hydrogens (tertiary/aromatic N) is 2. The first kappa shape index (κ1) is 16.7. The van der Waals surface area contributed by atoms with Crippen LogP contribution in [0.2, 0.25) is 5.02 Å². The molecule has 1 aliphatic rings. The number of hydrogen-bond donors (Lipinski definition) is 1. The van der Waals surface area contributed by atoms with E-state index in [0.29, 0.717) is 6.04 Å². The maximum Gasteiger partial charge on any atom is 0.317 e. The van der Waals surface area contributed by atoms with Crippen molar-refractivity contribution in [2.24, 2.45) is 0 Å². The summed E-state index contributed by atoms with van der Waals surface area (Å²) in [5, 5.41) is 9.58. The second-order valence-corrected chi connectivity index (χ2v) is 6.84. The van der Waals surface area contributed by atoms with Gasteiger partial charge in [-0.1, -0.05) is 33.6 Å². The molecule has 2 rings (SSSR count). The van der Waals surface area contributed by atoms with Gasteiger partial charge in [-0.3, -0.25) is 14.6 Å². The fourth-order valence-electron chi connectivity index (χ4n) is 2.75. The van der Waals surface area contributed by atoms with Crippen LogP contribution in [0.25, 0.3) is 0 Å². The molecule has 1 fully saturated rings. The predicted molar refractivity (Wildman–Crippen MR) is 87.7 cm³/mol. The number of piperidine rings is 1. The fraction of sp³-hybridized carbons (Fsp3) is 0.533. The Balaban J connectivity index is 1.85. The fourth-order valence-corrected chi connectivity index (χ4v) is 3.56. The molecule has 0 unspecified atom stereocenters. The van der Waals surface area contributed by atoms with Crippen molar-refractivity contribution in [3.05, 3.63) is 33.3 Å². The summed E-state index contributed by atoms with van der Waals surface area (Å²) in [4.78, 5) is 15.1. The van der Waals surface area contributed by atoms with Crippen LogP contribution in [-0.4, -0.2) is 53.6 Å². The molecule has 0 amide bonds. The lowest BCUT2D eigenvalue weighted by Gasteiger charge is -2.36. The average Bonchev–Trinajstić information content (AvgIpc) is 2.42. The number of carbonyl (C=O) groups is 1. The molecule has 0 bridgehead atoms. The lowest BCUT2D eigenvalue weighted by molar-refractivity contribution is -0.138. The van der Waals surface area contributed by atoms with Gasteiger partial charge in [0.15, 0.2) is 0 Å². The molecule has 1 heterocycles. The number of carboxylic acids is 1. The number of aliphatic carboxylic acids is 1. The van der Waals surface area contributed by atoms with Gasteiger partial charge in [-0.2, -0.15) is 0 Å². The van der Waals surface area contributed by atoms with E-state index < -0.39 is 5.97 Å². The van der Waals surface area contributed by atoms with E-state index in [2.05, 4.69) is 26.9 Å². The topological polar surface area (TPSA) is 43.8 Å². The minimum absolute atomic E-state index is 0.118. The van der Waals surface area contributed by atoms with Crippen molar-refractivity contribution >= 4 is 33.5 Å². The standard InChI is InChI=1S/C15H20BrClN2O2/c1-18(10-15(20)21)13-4-6-19(7-5-13)9-11-2-3-12(17)8-14(11)16/h2-3,8,13H,4-7,9-10H2,1H3,(H,20,21). The molecule has 0 radical (unpaired) electrons. The van der Waals surface area contributed by atoms with Crippen LogP contribution in [0.4, 0.5) is 0 Å². The molecule has 116 valence electrons. The summed E-state index contributed by atoms with van der Waals surface area (Å²) in [6, 6.07) is 6.25. The van der Waals surface area contributed by atoms with Crippen LogP contribution < -0.4 is 0 Å². The van der Waals surface area contributed by atoms with E-state index in [1.807, 2.05) is 24.1 Å². The van der Waals surface area contributed by atoms with Gasteiger partial charge in [0, 0.05) is 22.1 Å². The van der Waals surface area contributed by atoms with E-state index in [1.54, 1.807) is 0 Å². The minimum Gasteiger partial charge on any atom is -0.480 e. The summed E-state index contributed by atoms with van der Waals surface area (Å²) in [6.45, 7) is 2.99.